The third-order valence-corrected chi connectivity index (χ3v) is 5.34. The SMILES string of the molecule is COC(=O)c1c(C)oc(C)c1S(=O)(=O)N1CCC(O)C1. The van der Waals surface area contributed by atoms with Gasteiger partial charge < -0.3 is 14.3 Å². The second kappa shape index (κ2) is 5.19. The van der Waals surface area contributed by atoms with Crippen LogP contribution in [0.5, 0.6) is 0 Å². The van der Waals surface area contributed by atoms with E-state index < -0.39 is 22.1 Å². The van der Waals surface area contributed by atoms with Gasteiger partial charge in [0.15, 0.2) is 0 Å². The zero-order valence-electron chi connectivity index (χ0n) is 11.5. The maximum absolute atomic E-state index is 12.6. The van der Waals surface area contributed by atoms with Crippen LogP contribution in [0, 0.1) is 13.8 Å². The molecule has 0 saturated carbocycles. The molecule has 0 radical (unpaired) electrons. The summed E-state index contributed by atoms with van der Waals surface area (Å²) >= 11 is 0. The monoisotopic (exact) mass is 303 g/mol. The Morgan fingerprint density at radius 1 is 1.40 bits per heavy atom. The van der Waals surface area contributed by atoms with E-state index in [9.17, 15) is 18.3 Å². The fourth-order valence-electron chi connectivity index (χ4n) is 2.37. The molecular formula is C12H17NO6S. The first-order chi connectivity index (χ1) is 9.28. The van der Waals surface area contributed by atoms with Crippen LogP contribution in [0.2, 0.25) is 0 Å². The predicted molar refractivity (Wildman–Crippen MR) is 68.9 cm³/mol. The Bertz CT molecular complexity index is 633. The van der Waals surface area contributed by atoms with Gasteiger partial charge in [0.2, 0.25) is 10.0 Å². The van der Waals surface area contributed by atoms with Crippen molar-refractivity contribution in [1.29, 1.82) is 0 Å². The van der Waals surface area contributed by atoms with Gasteiger partial charge in [-0.1, -0.05) is 0 Å². The van der Waals surface area contributed by atoms with Gasteiger partial charge in [0.25, 0.3) is 0 Å². The highest BCUT2D eigenvalue weighted by Crippen LogP contribution is 2.31. The van der Waals surface area contributed by atoms with Gasteiger partial charge in [-0.15, -0.1) is 0 Å². The zero-order valence-corrected chi connectivity index (χ0v) is 12.4. The number of hydrogen-bond acceptors (Lipinski definition) is 6. The van der Waals surface area contributed by atoms with Crippen LogP contribution in [0.15, 0.2) is 9.31 Å². The minimum Gasteiger partial charge on any atom is -0.465 e. The Morgan fingerprint density at radius 3 is 2.55 bits per heavy atom. The molecule has 0 amide bonds. The van der Waals surface area contributed by atoms with Gasteiger partial charge in [-0.3, -0.25) is 0 Å². The zero-order chi connectivity index (χ0) is 15.1. The average Bonchev–Trinajstić information content (AvgIpc) is 2.92. The number of nitrogens with zero attached hydrogens (tertiary/aromatic N) is 1. The first kappa shape index (κ1) is 15.0. The minimum absolute atomic E-state index is 0.0204. The van der Waals surface area contributed by atoms with Gasteiger partial charge in [-0.05, 0) is 20.3 Å². The second-order valence-corrected chi connectivity index (χ2v) is 6.59. The Morgan fingerprint density at radius 2 is 2.05 bits per heavy atom. The number of aliphatic hydroxyl groups excluding tert-OH is 1. The first-order valence-electron chi connectivity index (χ1n) is 6.15. The number of hydrogen-bond donors (Lipinski definition) is 1. The van der Waals surface area contributed by atoms with Crippen molar-refractivity contribution in [3.63, 3.8) is 0 Å². The Labute approximate surface area is 117 Å². The average molecular weight is 303 g/mol. The number of aliphatic hydroxyl groups is 1. The van der Waals surface area contributed by atoms with Crippen molar-refractivity contribution in [2.24, 2.45) is 0 Å². The lowest BCUT2D eigenvalue weighted by molar-refractivity contribution is 0.0594. The van der Waals surface area contributed by atoms with Crippen LogP contribution in [0.25, 0.3) is 0 Å². The van der Waals surface area contributed by atoms with Crippen LogP contribution in [0.3, 0.4) is 0 Å². The fraction of sp³-hybridized carbons (Fsp3) is 0.583. The molecule has 8 heteroatoms. The number of aryl methyl sites for hydroxylation is 2. The Hall–Kier alpha value is -1.38. The molecule has 2 rings (SSSR count). The molecule has 1 saturated heterocycles. The topological polar surface area (TPSA) is 97.0 Å². The summed E-state index contributed by atoms with van der Waals surface area (Å²) in [6.45, 7) is 3.23. The summed E-state index contributed by atoms with van der Waals surface area (Å²) in [5.41, 5.74) is -0.0774. The summed E-state index contributed by atoms with van der Waals surface area (Å²) in [6.07, 6.45) is -0.303. The highest BCUT2D eigenvalue weighted by molar-refractivity contribution is 7.89. The number of furan rings is 1. The molecule has 1 aliphatic heterocycles. The van der Waals surface area contributed by atoms with Crippen LogP contribution < -0.4 is 0 Å². The third kappa shape index (κ3) is 2.34. The van der Waals surface area contributed by atoms with E-state index in [1.54, 1.807) is 0 Å². The molecule has 2 heterocycles. The summed E-state index contributed by atoms with van der Waals surface area (Å²) in [5, 5.41) is 9.49. The fourth-order valence-corrected chi connectivity index (χ4v) is 4.23. The molecular weight excluding hydrogens is 286 g/mol. The van der Waals surface area contributed by atoms with Crippen LogP contribution in [-0.4, -0.2) is 50.1 Å². The largest absolute Gasteiger partial charge is 0.465 e. The predicted octanol–water partition coefficient (Wildman–Crippen LogP) is 0.438. The molecule has 0 spiro atoms. The van der Waals surface area contributed by atoms with E-state index in [1.165, 1.54) is 21.0 Å². The van der Waals surface area contributed by atoms with Crippen molar-refractivity contribution < 1.29 is 27.5 Å². The lowest BCUT2D eigenvalue weighted by atomic mass is 10.2. The second-order valence-electron chi connectivity index (χ2n) is 4.72. The number of methoxy groups -OCH3 is 1. The molecule has 1 aliphatic rings. The third-order valence-electron chi connectivity index (χ3n) is 3.32. The van der Waals surface area contributed by atoms with Crippen LogP contribution in [0.4, 0.5) is 0 Å². The van der Waals surface area contributed by atoms with Crippen molar-refractivity contribution in [1.82, 2.24) is 4.31 Å². The quantitative estimate of drug-likeness (QED) is 0.814. The lowest BCUT2D eigenvalue weighted by Crippen LogP contribution is -2.31. The molecule has 0 bridgehead atoms. The maximum atomic E-state index is 12.6. The number of β-amino-alcohol motifs (C(OH)–C–C–N with tert-alkyl or cyclic N) is 1. The van der Waals surface area contributed by atoms with Crippen molar-refractivity contribution >= 4 is 16.0 Å². The normalized spacial score (nSPS) is 20.3. The summed E-state index contributed by atoms with van der Waals surface area (Å²) in [6, 6.07) is 0. The number of ether oxygens (including phenoxy) is 1. The van der Waals surface area contributed by atoms with Gasteiger partial charge >= 0.3 is 5.97 Å². The van der Waals surface area contributed by atoms with E-state index in [0.29, 0.717) is 6.42 Å². The molecule has 0 aromatic carbocycles. The smallest absolute Gasteiger partial charge is 0.342 e. The van der Waals surface area contributed by atoms with Crippen molar-refractivity contribution in [2.45, 2.75) is 31.3 Å². The van der Waals surface area contributed by atoms with E-state index in [1.807, 2.05) is 0 Å². The Balaban J connectivity index is 2.54. The number of carbonyl (C=O) groups is 1. The van der Waals surface area contributed by atoms with Crippen LogP contribution in [-0.2, 0) is 14.8 Å². The van der Waals surface area contributed by atoms with Crippen molar-refractivity contribution in [2.75, 3.05) is 20.2 Å². The van der Waals surface area contributed by atoms with Crippen LogP contribution in [0.1, 0.15) is 28.3 Å². The Kier molecular flexibility index (Phi) is 3.90. The van der Waals surface area contributed by atoms with Crippen LogP contribution >= 0.6 is 0 Å². The summed E-state index contributed by atoms with van der Waals surface area (Å²) in [7, 11) is -2.71. The van der Waals surface area contributed by atoms with Gasteiger partial charge in [0.1, 0.15) is 22.0 Å². The molecule has 1 atom stereocenters. The molecule has 1 aromatic heterocycles. The van der Waals surface area contributed by atoms with E-state index in [2.05, 4.69) is 4.74 Å². The van der Waals surface area contributed by atoms with E-state index in [-0.39, 0.29) is 35.1 Å². The molecule has 1 unspecified atom stereocenters. The molecule has 1 fully saturated rings. The van der Waals surface area contributed by atoms with Crippen molar-refractivity contribution in [3.05, 3.63) is 17.1 Å². The van der Waals surface area contributed by atoms with Crippen molar-refractivity contribution in [3.8, 4) is 0 Å². The van der Waals surface area contributed by atoms with Gasteiger partial charge in [0, 0.05) is 13.1 Å². The van der Waals surface area contributed by atoms with E-state index in [0.717, 1.165) is 4.31 Å². The highest BCUT2D eigenvalue weighted by Gasteiger charge is 2.38. The minimum atomic E-state index is -3.89. The maximum Gasteiger partial charge on any atom is 0.342 e. The number of sulfonamides is 1. The highest BCUT2D eigenvalue weighted by atomic mass is 32.2. The van der Waals surface area contributed by atoms with Gasteiger partial charge in [0.05, 0.1) is 13.2 Å². The summed E-state index contributed by atoms with van der Waals surface area (Å²) in [4.78, 5) is 11.6. The summed E-state index contributed by atoms with van der Waals surface area (Å²) < 4.78 is 36.2. The molecule has 7 nitrogen and oxygen atoms in total. The molecule has 20 heavy (non-hydrogen) atoms. The van der Waals surface area contributed by atoms with E-state index in [4.69, 9.17) is 4.42 Å². The summed E-state index contributed by atoms with van der Waals surface area (Å²) in [5.74, 6) is -0.408. The molecule has 1 N–H and O–H groups in total. The molecule has 1 aromatic rings. The lowest BCUT2D eigenvalue weighted by Gasteiger charge is -2.16. The standard InChI is InChI=1S/C12H17NO6S/c1-7-10(12(15)18-3)11(8(2)19-7)20(16,17)13-5-4-9(14)6-13/h9,14H,4-6H2,1-3H3. The van der Waals surface area contributed by atoms with E-state index >= 15 is 0 Å². The molecule has 112 valence electrons. The first-order valence-corrected chi connectivity index (χ1v) is 7.59. The molecule has 0 aliphatic carbocycles. The van der Waals surface area contributed by atoms with Gasteiger partial charge in [-0.2, -0.15) is 4.31 Å². The van der Waals surface area contributed by atoms with Gasteiger partial charge in [-0.25, -0.2) is 13.2 Å². The number of esters is 1. The number of rotatable bonds is 3. The number of carbonyl (C=O) groups excluding carboxylic acids is 1.